The Kier molecular flexibility index (Phi) is 5.15. The zero-order valence-corrected chi connectivity index (χ0v) is 11.6. The molecule has 1 heterocycles. The average Bonchev–Trinajstić information content (AvgIpc) is 2.56. The number of hydrogen-bond acceptors (Lipinski definition) is 3. The van der Waals surface area contributed by atoms with Crippen LogP contribution in [0.5, 0.6) is 0 Å². The lowest BCUT2D eigenvalue weighted by molar-refractivity contribution is 0.0396. The Morgan fingerprint density at radius 2 is 2.12 bits per heavy atom. The normalized spacial score (nSPS) is 13.0. The van der Waals surface area contributed by atoms with Gasteiger partial charge in [0.15, 0.2) is 0 Å². The Morgan fingerprint density at radius 1 is 1.47 bits per heavy atom. The van der Waals surface area contributed by atoms with Gasteiger partial charge in [0.25, 0.3) is 0 Å². The lowest BCUT2D eigenvalue weighted by Crippen LogP contribution is -2.11. The minimum Gasteiger partial charge on any atom is -0.477 e. The molecule has 1 unspecified atom stereocenters. The number of carboxylic acids is 1. The summed E-state index contributed by atoms with van der Waals surface area (Å²) in [5, 5.41) is 8.89. The molecule has 1 aromatic heterocycles. The van der Waals surface area contributed by atoms with Crippen molar-refractivity contribution in [2.45, 2.75) is 46.8 Å². The molecule has 96 valence electrons. The van der Waals surface area contributed by atoms with Gasteiger partial charge in [-0.1, -0.05) is 13.8 Å². The molecule has 0 aliphatic rings. The van der Waals surface area contributed by atoms with Crippen LogP contribution in [0.4, 0.5) is 0 Å². The van der Waals surface area contributed by atoms with Gasteiger partial charge >= 0.3 is 5.97 Å². The lowest BCUT2D eigenvalue weighted by atomic mass is 10.1. The number of hydrogen-bond donors (Lipinski definition) is 1. The molecule has 1 aromatic rings. The number of aryl methyl sites for hydroxylation is 1. The third kappa shape index (κ3) is 4.48. The largest absolute Gasteiger partial charge is 0.477 e. The quantitative estimate of drug-likeness (QED) is 0.844. The fourth-order valence-corrected chi connectivity index (χ4v) is 2.60. The summed E-state index contributed by atoms with van der Waals surface area (Å²) in [5.41, 5.74) is 0.989. The predicted octanol–water partition coefficient (Wildman–Crippen LogP) is 3.71. The average molecular weight is 256 g/mol. The number of thiophene rings is 1. The van der Waals surface area contributed by atoms with Crippen LogP contribution in [-0.2, 0) is 11.3 Å². The molecule has 1 atom stereocenters. The van der Waals surface area contributed by atoms with Crippen LogP contribution in [0, 0.1) is 12.8 Å². The van der Waals surface area contributed by atoms with Crippen LogP contribution in [0.2, 0.25) is 0 Å². The van der Waals surface area contributed by atoms with Gasteiger partial charge in [-0.15, -0.1) is 11.3 Å². The summed E-state index contributed by atoms with van der Waals surface area (Å²) < 4.78 is 5.73. The van der Waals surface area contributed by atoms with Crippen LogP contribution >= 0.6 is 11.3 Å². The summed E-state index contributed by atoms with van der Waals surface area (Å²) >= 11 is 1.31. The monoisotopic (exact) mass is 256 g/mol. The number of aromatic carboxylic acids is 1. The van der Waals surface area contributed by atoms with Crippen LogP contribution < -0.4 is 0 Å². The lowest BCUT2D eigenvalue weighted by Gasteiger charge is -2.14. The van der Waals surface area contributed by atoms with Crippen LogP contribution in [-0.4, -0.2) is 17.2 Å². The highest BCUT2D eigenvalue weighted by atomic mass is 32.1. The van der Waals surface area contributed by atoms with E-state index in [0.717, 1.165) is 16.9 Å². The second-order valence-electron chi connectivity index (χ2n) is 4.75. The maximum Gasteiger partial charge on any atom is 0.345 e. The molecule has 4 heteroatoms. The Balaban J connectivity index is 2.54. The number of carboxylic acid groups (broad SMARTS) is 1. The molecule has 3 nitrogen and oxygen atoms in total. The smallest absolute Gasteiger partial charge is 0.345 e. The zero-order valence-electron chi connectivity index (χ0n) is 10.8. The second-order valence-corrected chi connectivity index (χ2v) is 6.00. The molecule has 0 saturated carbocycles. The highest BCUT2D eigenvalue weighted by Gasteiger charge is 2.12. The van der Waals surface area contributed by atoms with Gasteiger partial charge in [0.2, 0.25) is 0 Å². The third-order valence-electron chi connectivity index (χ3n) is 2.56. The highest BCUT2D eigenvalue weighted by Crippen LogP contribution is 2.23. The molecule has 0 bridgehead atoms. The van der Waals surface area contributed by atoms with E-state index in [1.165, 1.54) is 11.3 Å². The Hall–Kier alpha value is -0.870. The molecule has 0 aromatic carbocycles. The van der Waals surface area contributed by atoms with Crippen molar-refractivity contribution in [2.24, 2.45) is 5.92 Å². The van der Waals surface area contributed by atoms with E-state index >= 15 is 0 Å². The molecule has 1 N–H and O–H groups in total. The van der Waals surface area contributed by atoms with E-state index in [2.05, 4.69) is 20.8 Å². The summed E-state index contributed by atoms with van der Waals surface area (Å²) in [6, 6.07) is 1.71. The second kappa shape index (κ2) is 6.17. The van der Waals surface area contributed by atoms with E-state index in [1.54, 1.807) is 6.07 Å². The van der Waals surface area contributed by atoms with Gasteiger partial charge in [0, 0.05) is 4.88 Å². The van der Waals surface area contributed by atoms with Crippen LogP contribution in [0.1, 0.15) is 47.3 Å². The van der Waals surface area contributed by atoms with Crippen molar-refractivity contribution in [1.29, 1.82) is 0 Å². The first-order chi connectivity index (χ1) is 7.90. The number of rotatable bonds is 6. The van der Waals surface area contributed by atoms with Crippen molar-refractivity contribution in [2.75, 3.05) is 0 Å². The SMILES string of the molecule is Cc1sc(C(=O)O)cc1COC(C)CC(C)C. The fraction of sp³-hybridized carbons (Fsp3) is 0.615. The van der Waals surface area contributed by atoms with Crippen LogP contribution in [0.25, 0.3) is 0 Å². The van der Waals surface area contributed by atoms with Crippen molar-refractivity contribution < 1.29 is 14.6 Å². The number of carbonyl (C=O) groups is 1. The Morgan fingerprint density at radius 3 is 2.59 bits per heavy atom. The Bertz CT molecular complexity index is 382. The molecule has 17 heavy (non-hydrogen) atoms. The maximum absolute atomic E-state index is 10.8. The summed E-state index contributed by atoms with van der Waals surface area (Å²) in [6.45, 7) is 8.82. The first kappa shape index (κ1) is 14.2. The maximum atomic E-state index is 10.8. The molecule has 0 radical (unpaired) electrons. The molecule has 0 amide bonds. The standard InChI is InChI=1S/C13H20O3S/c1-8(2)5-9(3)16-7-11-6-12(13(14)15)17-10(11)4/h6,8-9H,5,7H2,1-4H3,(H,14,15). The van der Waals surface area contributed by atoms with Gasteiger partial charge in [-0.25, -0.2) is 4.79 Å². The van der Waals surface area contributed by atoms with Crippen molar-refractivity contribution in [3.63, 3.8) is 0 Å². The third-order valence-corrected chi connectivity index (χ3v) is 3.64. The van der Waals surface area contributed by atoms with E-state index in [0.29, 0.717) is 17.4 Å². The van der Waals surface area contributed by atoms with E-state index in [9.17, 15) is 4.79 Å². The van der Waals surface area contributed by atoms with Gasteiger partial charge in [-0.2, -0.15) is 0 Å². The van der Waals surface area contributed by atoms with Gasteiger partial charge in [-0.05, 0) is 37.8 Å². The van der Waals surface area contributed by atoms with E-state index in [-0.39, 0.29) is 6.10 Å². The Labute approximate surface area is 106 Å². The zero-order chi connectivity index (χ0) is 13.0. The first-order valence-electron chi connectivity index (χ1n) is 5.84. The van der Waals surface area contributed by atoms with Crippen LogP contribution in [0.3, 0.4) is 0 Å². The van der Waals surface area contributed by atoms with Crippen molar-refractivity contribution in [1.82, 2.24) is 0 Å². The molecule has 0 saturated heterocycles. The minimum absolute atomic E-state index is 0.211. The minimum atomic E-state index is -0.862. The first-order valence-corrected chi connectivity index (χ1v) is 6.66. The summed E-state index contributed by atoms with van der Waals surface area (Å²) in [4.78, 5) is 12.2. The molecule has 0 spiro atoms. The van der Waals surface area contributed by atoms with Gasteiger partial charge in [-0.3, -0.25) is 0 Å². The fourth-order valence-electron chi connectivity index (χ4n) is 1.73. The van der Waals surface area contributed by atoms with E-state index < -0.39 is 5.97 Å². The van der Waals surface area contributed by atoms with Crippen molar-refractivity contribution >= 4 is 17.3 Å². The van der Waals surface area contributed by atoms with Crippen LogP contribution in [0.15, 0.2) is 6.07 Å². The topological polar surface area (TPSA) is 46.5 Å². The summed E-state index contributed by atoms with van der Waals surface area (Å²) in [6.07, 6.45) is 1.23. The highest BCUT2D eigenvalue weighted by molar-refractivity contribution is 7.14. The molecular weight excluding hydrogens is 236 g/mol. The van der Waals surface area contributed by atoms with Crippen molar-refractivity contribution in [3.05, 3.63) is 21.4 Å². The molecule has 0 aliphatic heterocycles. The summed E-state index contributed by atoms with van der Waals surface area (Å²) in [5.74, 6) is -0.247. The van der Waals surface area contributed by atoms with Gasteiger partial charge in [0.05, 0.1) is 12.7 Å². The molecule has 0 fully saturated rings. The molecular formula is C13H20O3S. The van der Waals surface area contributed by atoms with Gasteiger partial charge < -0.3 is 9.84 Å². The van der Waals surface area contributed by atoms with E-state index in [1.807, 2.05) is 6.92 Å². The number of ether oxygens (including phenoxy) is 1. The summed E-state index contributed by atoms with van der Waals surface area (Å²) in [7, 11) is 0. The predicted molar refractivity (Wildman–Crippen MR) is 69.7 cm³/mol. The van der Waals surface area contributed by atoms with E-state index in [4.69, 9.17) is 9.84 Å². The molecule has 1 rings (SSSR count). The van der Waals surface area contributed by atoms with Crippen molar-refractivity contribution in [3.8, 4) is 0 Å². The molecule has 0 aliphatic carbocycles. The van der Waals surface area contributed by atoms with Gasteiger partial charge in [0.1, 0.15) is 4.88 Å².